The number of hydrogen-bond acceptors (Lipinski definition) is 3. The van der Waals surface area contributed by atoms with Crippen molar-refractivity contribution in [2.45, 2.75) is 31.2 Å². The number of amides is 1. The molecule has 138 valence electrons. The van der Waals surface area contributed by atoms with Crippen LogP contribution in [0.3, 0.4) is 0 Å². The molecule has 0 radical (unpaired) electrons. The molecule has 1 unspecified atom stereocenters. The second-order valence-electron chi connectivity index (χ2n) is 6.36. The maximum Gasteiger partial charge on any atom is 0.245 e. The summed E-state index contributed by atoms with van der Waals surface area (Å²) >= 11 is 0. The molecule has 1 atom stereocenters. The van der Waals surface area contributed by atoms with Crippen LogP contribution in [-0.2, 0) is 4.79 Å². The van der Waals surface area contributed by atoms with Crippen LogP contribution in [0.4, 0.5) is 5.69 Å². The van der Waals surface area contributed by atoms with Crippen LogP contribution in [0.15, 0.2) is 48.5 Å². The number of hydrogen-bond donors (Lipinski definition) is 3. The van der Waals surface area contributed by atoms with Gasteiger partial charge in [-0.2, -0.15) is 0 Å². The van der Waals surface area contributed by atoms with Gasteiger partial charge in [-0.1, -0.05) is 36.8 Å². The van der Waals surface area contributed by atoms with E-state index in [0.717, 1.165) is 28.1 Å². The quantitative estimate of drug-likeness (QED) is 0.618. The predicted octanol–water partition coefficient (Wildman–Crippen LogP) is 4.31. The van der Waals surface area contributed by atoms with E-state index in [1.54, 1.807) is 0 Å². The summed E-state index contributed by atoms with van der Waals surface area (Å²) in [7, 11) is 0. The van der Waals surface area contributed by atoms with Crippen molar-refractivity contribution >= 4 is 47.4 Å². The molecule has 0 bridgehead atoms. The second-order valence-corrected chi connectivity index (χ2v) is 6.36. The highest BCUT2D eigenvalue weighted by Crippen LogP contribution is 2.35. The number of anilines is 1. The van der Waals surface area contributed by atoms with Gasteiger partial charge in [0.2, 0.25) is 5.91 Å². The number of carbonyl (C=O) groups excluding carboxylic acids is 1. The fraction of sp³-hybridized carbons (Fsp3) is 0.263. The highest BCUT2D eigenvalue weighted by Gasteiger charge is 2.22. The third-order valence-corrected chi connectivity index (χ3v) is 4.70. The summed E-state index contributed by atoms with van der Waals surface area (Å²) in [4.78, 5) is 20.4. The molecule has 5 nitrogen and oxygen atoms in total. The monoisotopic (exact) mass is 392 g/mol. The van der Waals surface area contributed by atoms with Crippen molar-refractivity contribution in [3.63, 3.8) is 0 Å². The van der Waals surface area contributed by atoms with E-state index in [1.165, 1.54) is 19.3 Å². The maximum atomic E-state index is 12.4. The van der Waals surface area contributed by atoms with Crippen molar-refractivity contribution in [1.29, 1.82) is 0 Å². The van der Waals surface area contributed by atoms with Crippen LogP contribution in [0.5, 0.6) is 0 Å². The van der Waals surface area contributed by atoms with Crippen molar-refractivity contribution in [2.75, 3.05) is 5.32 Å². The van der Waals surface area contributed by atoms with Gasteiger partial charge >= 0.3 is 0 Å². The first-order chi connectivity index (χ1) is 11.7. The Kier molecular flexibility index (Phi) is 6.64. The standard InChI is InChI=1S/C19H20N4O.2ClH/c20-17(12-5-2-1-3-6-12)19(24)21-14-9-10-15-16(11-14)23-18(22-15)13-7-4-8-13;;/h1-3,5-6,9-11,13,17H,4,7-8,20H2,(H,21,24)(H,22,23);2*1H. The lowest BCUT2D eigenvalue weighted by Gasteiger charge is -2.22. The Bertz CT molecular complexity index is 878. The van der Waals surface area contributed by atoms with Crippen LogP contribution in [0, 0.1) is 0 Å². The molecule has 1 saturated carbocycles. The highest BCUT2D eigenvalue weighted by molar-refractivity contribution is 5.96. The molecule has 7 heteroatoms. The molecule has 0 saturated heterocycles. The van der Waals surface area contributed by atoms with Gasteiger partial charge in [0.05, 0.1) is 11.0 Å². The number of aromatic nitrogens is 2. The molecule has 1 fully saturated rings. The number of benzene rings is 2. The van der Waals surface area contributed by atoms with Crippen molar-refractivity contribution in [3.8, 4) is 0 Å². The van der Waals surface area contributed by atoms with Crippen LogP contribution in [0.1, 0.15) is 42.6 Å². The smallest absolute Gasteiger partial charge is 0.245 e. The van der Waals surface area contributed by atoms with E-state index in [9.17, 15) is 4.79 Å². The lowest BCUT2D eigenvalue weighted by Crippen LogP contribution is -2.27. The topological polar surface area (TPSA) is 83.8 Å². The average molecular weight is 393 g/mol. The van der Waals surface area contributed by atoms with Crippen LogP contribution >= 0.6 is 24.8 Å². The number of nitrogens with one attached hydrogen (secondary N) is 2. The van der Waals surface area contributed by atoms with Gasteiger partial charge in [-0.3, -0.25) is 4.79 Å². The maximum absolute atomic E-state index is 12.4. The number of halogens is 2. The van der Waals surface area contributed by atoms with E-state index in [-0.39, 0.29) is 30.7 Å². The minimum Gasteiger partial charge on any atom is -0.342 e. The molecule has 1 amide bonds. The number of nitrogens with two attached hydrogens (primary N) is 1. The first-order valence-electron chi connectivity index (χ1n) is 8.32. The Balaban J connectivity index is 0.00000121. The van der Waals surface area contributed by atoms with E-state index >= 15 is 0 Å². The zero-order chi connectivity index (χ0) is 16.5. The van der Waals surface area contributed by atoms with Crippen LogP contribution in [0.2, 0.25) is 0 Å². The molecule has 26 heavy (non-hydrogen) atoms. The lowest BCUT2D eigenvalue weighted by molar-refractivity contribution is -0.117. The average Bonchev–Trinajstić information content (AvgIpc) is 2.95. The van der Waals surface area contributed by atoms with Gasteiger partial charge in [-0.25, -0.2) is 4.98 Å². The largest absolute Gasteiger partial charge is 0.342 e. The highest BCUT2D eigenvalue weighted by atomic mass is 35.5. The summed E-state index contributed by atoms with van der Waals surface area (Å²) in [5, 5.41) is 2.89. The van der Waals surface area contributed by atoms with Gasteiger partial charge in [0, 0.05) is 11.6 Å². The molecule has 0 spiro atoms. The molecule has 2 aromatic carbocycles. The second kappa shape index (κ2) is 8.54. The molecule has 0 aliphatic heterocycles. The summed E-state index contributed by atoms with van der Waals surface area (Å²) in [5.74, 6) is 1.39. The van der Waals surface area contributed by atoms with Crippen molar-refractivity contribution in [1.82, 2.24) is 9.97 Å². The van der Waals surface area contributed by atoms with Gasteiger partial charge in [0.25, 0.3) is 0 Å². The molecule has 1 aromatic heterocycles. The van der Waals surface area contributed by atoms with Gasteiger partial charge in [0.15, 0.2) is 0 Å². The van der Waals surface area contributed by atoms with Crippen LogP contribution in [-0.4, -0.2) is 15.9 Å². The van der Waals surface area contributed by atoms with E-state index in [2.05, 4.69) is 15.3 Å². The SMILES string of the molecule is Cl.Cl.NC(C(=O)Nc1ccc2nc(C3CCC3)[nH]c2c1)c1ccccc1. The first-order valence-corrected chi connectivity index (χ1v) is 8.32. The molecule has 3 aromatic rings. The van der Waals surface area contributed by atoms with Crippen LogP contribution in [0.25, 0.3) is 11.0 Å². The fourth-order valence-corrected chi connectivity index (χ4v) is 3.01. The zero-order valence-electron chi connectivity index (χ0n) is 14.1. The molecule has 4 N–H and O–H groups in total. The summed E-state index contributed by atoms with van der Waals surface area (Å²) < 4.78 is 0. The third kappa shape index (κ3) is 4.01. The molecular formula is C19H22Cl2N4O. The fourth-order valence-electron chi connectivity index (χ4n) is 3.01. The number of fused-ring (bicyclic) bond motifs is 1. The van der Waals surface area contributed by atoms with E-state index in [1.807, 2.05) is 48.5 Å². The number of aromatic amines is 1. The minimum atomic E-state index is -0.686. The Morgan fingerprint density at radius 2 is 1.88 bits per heavy atom. The number of nitrogens with zero attached hydrogens (tertiary/aromatic N) is 1. The number of carbonyl (C=O) groups is 1. The van der Waals surface area contributed by atoms with Crippen molar-refractivity contribution < 1.29 is 4.79 Å². The third-order valence-electron chi connectivity index (χ3n) is 4.70. The summed E-state index contributed by atoms with van der Waals surface area (Å²) in [6.45, 7) is 0. The first kappa shape index (κ1) is 20.2. The number of rotatable bonds is 4. The zero-order valence-corrected chi connectivity index (χ0v) is 15.8. The molecule has 4 rings (SSSR count). The van der Waals surface area contributed by atoms with Gasteiger partial charge in [0.1, 0.15) is 11.9 Å². The molecule has 1 heterocycles. The van der Waals surface area contributed by atoms with Gasteiger partial charge < -0.3 is 16.0 Å². The van der Waals surface area contributed by atoms with Gasteiger partial charge in [-0.15, -0.1) is 24.8 Å². The van der Waals surface area contributed by atoms with Gasteiger partial charge in [-0.05, 0) is 36.6 Å². The Hall–Kier alpha value is -2.08. The van der Waals surface area contributed by atoms with Crippen LogP contribution < -0.4 is 11.1 Å². The predicted molar refractivity (Wildman–Crippen MR) is 109 cm³/mol. The normalized spacial score (nSPS) is 14.7. The number of imidazole rings is 1. The summed E-state index contributed by atoms with van der Waals surface area (Å²) in [5.41, 5.74) is 9.44. The Morgan fingerprint density at radius 1 is 1.15 bits per heavy atom. The molecule has 1 aliphatic carbocycles. The molecular weight excluding hydrogens is 371 g/mol. The van der Waals surface area contributed by atoms with Crippen molar-refractivity contribution in [2.24, 2.45) is 5.73 Å². The Morgan fingerprint density at radius 3 is 2.54 bits per heavy atom. The summed E-state index contributed by atoms with van der Waals surface area (Å²) in [6.07, 6.45) is 3.69. The van der Waals surface area contributed by atoms with Crippen molar-refractivity contribution in [3.05, 3.63) is 59.9 Å². The number of H-pyrrole nitrogens is 1. The molecule has 1 aliphatic rings. The van der Waals surface area contributed by atoms with E-state index < -0.39 is 6.04 Å². The Labute approximate surface area is 164 Å². The minimum absolute atomic E-state index is 0. The summed E-state index contributed by atoms with van der Waals surface area (Å²) in [6, 6.07) is 14.4. The van der Waals surface area contributed by atoms with E-state index in [0.29, 0.717) is 5.92 Å². The van der Waals surface area contributed by atoms with E-state index in [4.69, 9.17) is 5.73 Å². The lowest BCUT2D eigenvalue weighted by atomic mass is 9.85.